The van der Waals surface area contributed by atoms with Crippen LogP contribution in [0.3, 0.4) is 0 Å². The van der Waals surface area contributed by atoms with Crippen LogP contribution in [-0.4, -0.2) is 11.2 Å². The Labute approximate surface area is 148 Å². The van der Waals surface area contributed by atoms with Crippen molar-refractivity contribution in [2.24, 2.45) is 5.92 Å². The first-order valence-electron chi connectivity index (χ1n) is 9.34. The number of aliphatic hydroxyl groups excluding tert-OH is 1. The van der Waals surface area contributed by atoms with Crippen molar-refractivity contribution in [2.75, 3.05) is 0 Å². The lowest BCUT2D eigenvalue weighted by Crippen LogP contribution is -2.22. The van der Waals surface area contributed by atoms with E-state index < -0.39 is 0 Å². The standard InChI is InChI=1S/C23H34O/c1-5-8-16-21(18-17-20-14-10-9-11-15-20)19(4)23(24)22(12-6-2)13-7-3/h5,8-11,14-16,22-24H,1,6-7,12-13,17-18H2,2-4H3/b16-8-,21-19-. The molecule has 1 atom stereocenters. The molecule has 0 saturated carbocycles. The van der Waals surface area contributed by atoms with Crippen LogP contribution in [0.2, 0.25) is 0 Å². The molecule has 0 aliphatic carbocycles. The highest BCUT2D eigenvalue weighted by Gasteiger charge is 2.20. The molecule has 1 nitrogen and oxygen atoms in total. The van der Waals surface area contributed by atoms with Crippen molar-refractivity contribution >= 4 is 0 Å². The van der Waals surface area contributed by atoms with Crippen molar-refractivity contribution in [1.29, 1.82) is 0 Å². The minimum atomic E-state index is -0.342. The Bertz CT molecular complexity index is 518. The van der Waals surface area contributed by atoms with Crippen LogP contribution in [0, 0.1) is 5.92 Å². The average molecular weight is 327 g/mol. The summed E-state index contributed by atoms with van der Waals surface area (Å²) in [6, 6.07) is 10.5. The van der Waals surface area contributed by atoms with Gasteiger partial charge in [0, 0.05) is 0 Å². The van der Waals surface area contributed by atoms with Crippen LogP contribution >= 0.6 is 0 Å². The molecule has 0 saturated heterocycles. The molecule has 0 aliphatic heterocycles. The zero-order valence-electron chi connectivity index (χ0n) is 15.7. The molecule has 0 radical (unpaired) electrons. The number of aryl methyl sites for hydroxylation is 1. The van der Waals surface area contributed by atoms with E-state index in [-0.39, 0.29) is 6.10 Å². The Kier molecular flexibility index (Phi) is 10.1. The maximum absolute atomic E-state index is 10.9. The SMILES string of the molecule is C=C/C=C\C(CCc1ccccc1)=C(/C)C(O)C(CCC)CCC. The number of aliphatic hydroxyl groups is 1. The molecule has 0 fully saturated rings. The van der Waals surface area contributed by atoms with Gasteiger partial charge in [-0.3, -0.25) is 0 Å². The molecular weight excluding hydrogens is 292 g/mol. The fourth-order valence-electron chi connectivity index (χ4n) is 3.26. The minimum absolute atomic E-state index is 0.342. The van der Waals surface area contributed by atoms with Crippen LogP contribution in [0.1, 0.15) is 58.4 Å². The lowest BCUT2D eigenvalue weighted by atomic mass is 9.85. The fourth-order valence-corrected chi connectivity index (χ4v) is 3.26. The third kappa shape index (κ3) is 6.88. The first-order chi connectivity index (χ1) is 11.6. The molecule has 0 aromatic heterocycles. The van der Waals surface area contributed by atoms with Crippen LogP contribution < -0.4 is 0 Å². The molecule has 1 N–H and O–H groups in total. The number of rotatable bonds is 11. The van der Waals surface area contributed by atoms with E-state index in [0.29, 0.717) is 5.92 Å². The smallest absolute Gasteiger partial charge is 0.0781 e. The first kappa shape index (κ1) is 20.4. The third-order valence-corrected chi connectivity index (χ3v) is 4.67. The van der Waals surface area contributed by atoms with Gasteiger partial charge in [0.15, 0.2) is 0 Å². The van der Waals surface area contributed by atoms with Crippen LogP contribution in [0.4, 0.5) is 0 Å². The van der Waals surface area contributed by atoms with Crippen molar-refractivity contribution in [1.82, 2.24) is 0 Å². The predicted molar refractivity (Wildman–Crippen MR) is 106 cm³/mol. The summed E-state index contributed by atoms with van der Waals surface area (Å²) in [4.78, 5) is 0. The number of hydrogen-bond acceptors (Lipinski definition) is 1. The van der Waals surface area contributed by atoms with E-state index in [1.165, 1.54) is 11.1 Å². The van der Waals surface area contributed by atoms with Gasteiger partial charge < -0.3 is 5.11 Å². The van der Waals surface area contributed by atoms with E-state index in [9.17, 15) is 5.11 Å². The summed E-state index contributed by atoms with van der Waals surface area (Å²) < 4.78 is 0. The molecule has 0 amide bonds. The zero-order chi connectivity index (χ0) is 17.8. The maximum atomic E-state index is 10.9. The topological polar surface area (TPSA) is 20.2 Å². The van der Waals surface area contributed by atoms with Crippen LogP contribution in [0.5, 0.6) is 0 Å². The molecule has 0 aliphatic rings. The Morgan fingerprint density at radius 1 is 1.12 bits per heavy atom. The van der Waals surface area contributed by atoms with E-state index in [2.05, 4.69) is 57.7 Å². The van der Waals surface area contributed by atoms with Crippen molar-refractivity contribution in [3.05, 3.63) is 71.8 Å². The van der Waals surface area contributed by atoms with Crippen molar-refractivity contribution < 1.29 is 5.11 Å². The number of hydrogen-bond donors (Lipinski definition) is 1. The molecule has 1 unspecified atom stereocenters. The van der Waals surface area contributed by atoms with Gasteiger partial charge in [0.05, 0.1) is 6.10 Å². The summed E-state index contributed by atoms with van der Waals surface area (Å²) in [6.45, 7) is 10.3. The van der Waals surface area contributed by atoms with Gasteiger partial charge in [-0.2, -0.15) is 0 Å². The van der Waals surface area contributed by atoms with Gasteiger partial charge in [-0.15, -0.1) is 0 Å². The average Bonchev–Trinajstić information content (AvgIpc) is 2.61. The molecule has 24 heavy (non-hydrogen) atoms. The van der Waals surface area contributed by atoms with Crippen molar-refractivity contribution in [3.8, 4) is 0 Å². The second-order valence-corrected chi connectivity index (χ2v) is 6.57. The number of allylic oxidation sites excluding steroid dienone is 4. The molecule has 0 bridgehead atoms. The van der Waals surface area contributed by atoms with E-state index in [4.69, 9.17) is 0 Å². The van der Waals surface area contributed by atoms with Gasteiger partial charge >= 0.3 is 0 Å². The molecule has 0 spiro atoms. The Morgan fingerprint density at radius 2 is 1.75 bits per heavy atom. The molecule has 0 heterocycles. The summed E-state index contributed by atoms with van der Waals surface area (Å²) in [5, 5.41) is 10.9. The first-order valence-corrected chi connectivity index (χ1v) is 9.34. The highest BCUT2D eigenvalue weighted by Crippen LogP contribution is 2.26. The van der Waals surface area contributed by atoms with E-state index in [1.54, 1.807) is 6.08 Å². The molecule has 1 aromatic carbocycles. The molecular formula is C23H34O. The van der Waals surface area contributed by atoms with E-state index in [1.807, 2.05) is 12.1 Å². The number of benzene rings is 1. The summed E-state index contributed by atoms with van der Waals surface area (Å²) in [5.74, 6) is 0.365. The van der Waals surface area contributed by atoms with E-state index in [0.717, 1.165) is 44.1 Å². The lowest BCUT2D eigenvalue weighted by molar-refractivity contribution is 0.127. The van der Waals surface area contributed by atoms with Crippen LogP contribution in [0.25, 0.3) is 0 Å². The quantitative estimate of drug-likeness (QED) is 0.476. The van der Waals surface area contributed by atoms with Gasteiger partial charge in [-0.05, 0) is 55.2 Å². The normalized spacial score (nSPS) is 14.0. The second kappa shape index (κ2) is 11.9. The summed E-state index contributed by atoms with van der Waals surface area (Å²) in [5.41, 5.74) is 3.70. The maximum Gasteiger partial charge on any atom is 0.0781 e. The Hall–Kier alpha value is -1.60. The van der Waals surface area contributed by atoms with Gasteiger partial charge in [0.25, 0.3) is 0 Å². The highest BCUT2D eigenvalue weighted by molar-refractivity contribution is 5.30. The monoisotopic (exact) mass is 326 g/mol. The second-order valence-electron chi connectivity index (χ2n) is 6.57. The third-order valence-electron chi connectivity index (χ3n) is 4.67. The summed E-state index contributed by atoms with van der Waals surface area (Å²) in [7, 11) is 0. The van der Waals surface area contributed by atoms with Crippen molar-refractivity contribution in [3.63, 3.8) is 0 Å². The Balaban J connectivity index is 2.94. The molecule has 1 rings (SSSR count). The largest absolute Gasteiger partial charge is 0.388 e. The predicted octanol–water partition coefficient (Wildman–Crippen LogP) is 6.26. The van der Waals surface area contributed by atoms with E-state index >= 15 is 0 Å². The van der Waals surface area contributed by atoms with Gasteiger partial charge in [-0.25, -0.2) is 0 Å². The van der Waals surface area contributed by atoms with Gasteiger partial charge in [0.1, 0.15) is 0 Å². The summed E-state index contributed by atoms with van der Waals surface area (Å²) >= 11 is 0. The summed E-state index contributed by atoms with van der Waals surface area (Å²) in [6.07, 6.45) is 11.9. The van der Waals surface area contributed by atoms with Crippen LogP contribution in [0.15, 0.2) is 66.3 Å². The van der Waals surface area contributed by atoms with Crippen molar-refractivity contribution in [2.45, 2.75) is 65.4 Å². The van der Waals surface area contributed by atoms with Crippen LogP contribution in [-0.2, 0) is 6.42 Å². The highest BCUT2D eigenvalue weighted by atomic mass is 16.3. The van der Waals surface area contributed by atoms with Gasteiger partial charge in [0.2, 0.25) is 0 Å². The fraction of sp³-hybridized carbons (Fsp3) is 0.478. The molecule has 132 valence electrons. The minimum Gasteiger partial charge on any atom is -0.388 e. The molecule has 1 heteroatoms. The van der Waals surface area contributed by atoms with Gasteiger partial charge in [-0.1, -0.05) is 81.8 Å². The molecule has 1 aromatic rings. The zero-order valence-corrected chi connectivity index (χ0v) is 15.7. The lowest BCUT2D eigenvalue weighted by Gasteiger charge is -2.25. The Morgan fingerprint density at radius 3 is 2.29 bits per heavy atom.